The van der Waals surface area contributed by atoms with Crippen molar-refractivity contribution in [3.05, 3.63) is 69.8 Å². The summed E-state index contributed by atoms with van der Waals surface area (Å²) in [6.45, 7) is 3.44. The van der Waals surface area contributed by atoms with Gasteiger partial charge in [-0.2, -0.15) is 5.10 Å². The summed E-state index contributed by atoms with van der Waals surface area (Å²) < 4.78 is 0. The highest BCUT2D eigenvalue weighted by atomic mass is 16.6. The number of hydrogen-bond acceptors (Lipinski definition) is 5. The van der Waals surface area contributed by atoms with Crippen LogP contribution in [0.15, 0.2) is 53.6 Å². The summed E-state index contributed by atoms with van der Waals surface area (Å²) in [6, 6.07) is 12.3. The minimum Gasteiger partial charge on any atom is -0.326 e. The standard InChI is InChI=1S/C18H18N4O4/c1-3-17(23)19-15-8-4-14(5-9-15)18(24)21-20-12(2)13-6-10-16(11-7-13)22(25)26/h4-11H,3H2,1-2H3,(H,19,23)(H,21,24). The molecule has 0 aromatic heterocycles. The summed E-state index contributed by atoms with van der Waals surface area (Å²) >= 11 is 0. The van der Waals surface area contributed by atoms with Crippen LogP contribution in [0.2, 0.25) is 0 Å². The number of carbonyl (C=O) groups is 2. The molecule has 8 nitrogen and oxygen atoms in total. The van der Waals surface area contributed by atoms with Gasteiger partial charge in [0, 0.05) is 29.8 Å². The van der Waals surface area contributed by atoms with Gasteiger partial charge in [-0.3, -0.25) is 19.7 Å². The Hall–Kier alpha value is -3.55. The fraction of sp³-hybridized carbons (Fsp3) is 0.167. The summed E-state index contributed by atoms with van der Waals surface area (Å²) in [6.07, 6.45) is 0.374. The zero-order chi connectivity index (χ0) is 19.1. The molecular weight excluding hydrogens is 336 g/mol. The first kappa shape index (κ1) is 18.8. The second kappa shape index (κ2) is 8.52. The van der Waals surface area contributed by atoms with Crippen molar-refractivity contribution in [3.63, 3.8) is 0 Å². The molecule has 2 aromatic rings. The monoisotopic (exact) mass is 354 g/mol. The van der Waals surface area contributed by atoms with Gasteiger partial charge in [-0.25, -0.2) is 5.43 Å². The van der Waals surface area contributed by atoms with Crippen LogP contribution in [0.1, 0.15) is 36.2 Å². The molecule has 2 amide bonds. The Bertz CT molecular complexity index is 842. The van der Waals surface area contributed by atoms with Crippen molar-refractivity contribution in [2.75, 3.05) is 5.32 Å². The number of carbonyl (C=O) groups excluding carboxylic acids is 2. The number of benzene rings is 2. The molecule has 0 aliphatic rings. The molecule has 2 N–H and O–H groups in total. The molecule has 0 aliphatic heterocycles. The Labute approximate surface area is 150 Å². The number of rotatable bonds is 6. The highest BCUT2D eigenvalue weighted by molar-refractivity contribution is 6.01. The number of nitro groups is 1. The van der Waals surface area contributed by atoms with Crippen molar-refractivity contribution in [3.8, 4) is 0 Å². The summed E-state index contributed by atoms with van der Waals surface area (Å²) in [7, 11) is 0. The van der Waals surface area contributed by atoms with Gasteiger partial charge in [-0.15, -0.1) is 0 Å². The quantitative estimate of drug-likeness (QED) is 0.471. The topological polar surface area (TPSA) is 114 Å². The van der Waals surface area contributed by atoms with E-state index in [1.807, 2.05) is 0 Å². The normalized spacial score (nSPS) is 10.9. The van der Waals surface area contributed by atoms with Crippen LogP contribution in [0.25, 0.3) is 0 Å². The lowest BCUT2D eigenvalue weighted by molar-refractivity contribution is -0.384. The first-order chi connectivity index (χ1) is 12.4. The second-order valence-electron chi connectivity index (χ2n) is 5.42. The maximum absolute atomic E-state index is 12.1. The molecule has 26 heavy (non-hydrogen) atoms. The third-order valence-corrected chi connectivity index (χ3v) is 3.57. The minimum absolute atomic E-state index is 0.0131. The molecule has 2 aromatic carbocycles. The van der Waals surface area contributed by atoms with Crippen molar-refractivity contribution in [1.82, 2.24) is 5.43 Å². The largest absolute Gasteiger partial charge is 0.326 e. The van der Waals surface area contributed by atoms with E-state index in [1.54, 1.807) is 50.2 Å². The van der Waals surface area contributed by atoms with Crippen LogP contribution in [0.5, 0.6) is 0 Å². The van der Waals surface area contributed by atoms with Gasteiger partial charge in [-0.1, -0.05) is 6.92 Å². The molecule has 0 radical (unpaired) electrons. The summed E-state index contributed by atoms with van der Waals surface area (Å²) in [5.74, 6) is -0.509. The average Bonchev–Trinajstić information content (AvgIpc) is 2.66. The van der Waals surface area contributed by atoms with Gasteiger partial charge >= 0.3 is 0 Å². The summed E-state index contributed by atoms with van der Waals surface area (Å²) in [4.78, 5) is 33.6. The lowest BCUT2D eigenvalue weighted by atomic mass is 10.1. The second-order valence-corrected chi connectivity index (χ2v) is 5.42. The third-order valence-electron chi connectivity index (χ3n) is 3.57. The van der Waals surface area contributed by atoms with E-state index in [0.717, 1.165) is 0 Å². The van der Waals surface area contributed by atoms with E-state index in [0.29, 0.717) is 28.9 Å². The molecule has 0 heterocycles. The van der Waals surface area contributed by atoms with E-state index >= 15 is 0 Å². The first-order valence-corrected chi connectivity index (χ1v) is 7.90. The molecular formula is C18H18N4O4. The molecule has 0 fully saturated rings. The predicted octanol–water partition coefficient (Wildman–Crippen LogP) is 3.10. The molecule has 0 atom stereocenters. The van der Waals surface area contributed by atoms with E-state index in [-0.39, 0.29) is 11.6 Å². The van der Waals surface area contributed by atoms with Crippen molar-refractivity contribution in [2.24, 2.45) is 5.10 Å². The van der Waals surface area contributed by atoms with E-state index in [2.05, 4.69) is 15.8 Å². The average molecular weight is 354 g/mol. The van der Waals surface area contributed by atoms with Crippen LogP contribution >= 0.6 is 0 Å². The number of nitrogens with zero attached hydrogens (tertiary/aromatic N) is 2. The van der Waals surface area contributed by atoms with Crippen LogP contribution in [0.3, 0.4) is 0 Å². The Morgan fingerprint density at radius 2 is 1.62 bits per heavy atom. The Kier molecular flexibility index (Phi) is 6.15. The minimum atomic E-state index is -0.482. The molecule has 8 heteroatoms. The Morgan fingerprint density at radius 3 is 2.15 bits per heavy atom. The number of nitro benzene ring substituents is 1. The smallest absolute Gasteiger partial charge is 0.271 e. The maximum atomic E-state index is 12.1. The molecule has 0 bridgehead atoms. The SMILES string of the molecule is CCC(=O)Nc1ccc(C(=O)NN=C(C)c2ccc([N+](=O)[O-])cc2)cc1. The van der Waals surface area contributed by atoms with Gasteiger partial charge in [0.25, 0.3) is 11.6 Å². The first-order valence-electron chi connectivity index (χ1n) is 7.90. The number of nitrogens with one attached hydrogen (secondary N) is 2. The molecule has 2 rings (SSSR count). The number of non-ortho nitro benzene ring substituents is 1. The lowest BCUT2D eigenvalue weighted by Gasteiger charge is -2.05. The highest BCUT2D eigenvalue weighted by Crippen LogP contribution is 2.13. The van der Waals surface area contributed by atoms with Crippen molar-refractivity contribution in [2.45, 2.75) is 20.3 Å². The fourth-order valence-corrected chi connectivity index (χ4v) is 2.04. The molecule has 0 spiro atoms. The van der Waals surface area contributed by atoms with Crippen LogP contribution < -0.4 is 10.7 Å². The van der Waals surface area contributed by atoms with Crippen molar-refractivity contribution < 1.29 is 14.5 Å². The van der Waals surface area contributed by atoms with Gasteiger partial charge in [0.2, 0.25) is 5.91 Å². The molecule has 0 unspecified atom stereocenters. The van der Waals surface area contributed by atoms with Crippen LogP contribution in [0.4, 0.5) is 11.4 Å². The summed E-state index contributed by atoms with van der Waals surface area (Å²) in [5, 5.41) is 17.4. The third kappa shape index (κ3) is 4.97. The number of hydrogen-bond donors (Lipinski definition) is 2. The molecule has 0 saturated heterocycles. The summed E-state index contributed by atoms with van der Waals surface area (Å²) in [5.41, 5.74) is 4.59. The van der Waals surface area contributed by atoms with Crippen LogP contribution in [-0.4, -0.2) is 22.4 Å². The zero-order valence-electron chi connectivity index (χ0n) is 14.4. The van der Waals surface area contributed by atoms with E-state index in [9.17, 15) is 19.7 Å². The van der Waals surface area contributed by atoms with Gasteiger partial charge in [-0.05, 0) is 48.9 Å². The van der Waals surface area contributed by atoms with Gasteiger partial charge < -0.3 is 5.32 Å². The predicted molar refractivity (Wildman–Crippen MR) is 98.1 cm³/mol. The fourth-order valence-electron chi connectivity index (χ4n) is 2.04. The van der Waals surface area contributed by atoms with Crippen LogP contribution in [0, 0.1) is 10.1 Å². The van der Waals surface area contributed by atoms with Crippen LogP contribution in [-0.2, 0) is 4.79 Å². The number of anilines is 1. The molecule has 0 aliphatic carbocycles. The number of amides is 2. The van der Waals surface area contributed by atoms with Crippen molar-refractivity contribution in [1.29, 1.82) is 0 Å². The van der Waals surface area contributed by atoms with Crippen molar-refractivity contribution >= 4 is 28.9 Å². The highest BCUT2D eigenvalue weighted by Gasteiger charge is 2.08. The van der Waals surface area contributed by atoms with Gasteiger partial charge in [0.05, 0.1) is 10.6 Å². The van der Waals surface area contributed by atoms with E-state index < -0.39 is 10.8 Å². The van der Waals surface area contributed by atoms with E-state index in [4.69, 9.17) is 0 Å². The van der Waals surface area contributed by atoms with E-state index in [1.165, 1.54) is 12.1 Å². The molecule has 134 valence electrons. The Balaban J connectivity index is 2.01. The number of hydrazone groups is 1. The lowest BCUT2D eigenvalue weighted by Crippen LogP contribution is -2.19. The zero-order valence-corrected chi connectivity index (χ0v) is 14.4. The van der Waals surface area contributed by atoms with Gasteiger partial charge in [0.1, 0.15) is 0 Å². The Morgan fingerprint density at radius 1 is 1.04 bits per heavy atom. The molecule has 0 saturated carbocycles. The van der Waals surface area contributed by atoms with Gasteiger partial charge in [0.15, 0.2) is 0 Å². The maximum Gasteiger partial charge on any atom is 0.271 e.